The molecule has 0 saturated heterocycles. The largest absolute Gasteiger partial charge is 0.497 e. The van der Waals surface area contributed by atoms with Gasteiger partial charge in [-0.25, -0.2) is 20.0 Å². The number of nitrogens with two attached hydrogens (primary N) is 2. The number of anilines is 2. The molecule has 0 bridgehead atoms. The Labute approximate surface area is 359 Å². The monoisotopic (exact) mass is 860 g/mol. The molecule has 4 aromatic carbocycles. The zero-order chi connectivity index (χ0) is 43.5. The van der Waals surface area contributed by atoms with Crippen molar-refractivity contribution in [3.8, 4) is 35.1 Å². The number of amidine groups is 2. The first kappa shape index (κ1) is 43.2. The molecule has 4 aromatic rings. The van der Waals surface area contributed by atoms with Crippen LogP contribution in [0.2, 0.25) is 0 Å². The van der Waals surface area contributed by atoms with E-state index in [1.807, 2.05) is 0 Å². The van der Waals surface area contributed by atoms with Gasteiger partial charge < -0.3 is 51.7 Å². The number of nitrogens with zero attached hydrogens (tertiary/aromatic N) is 6. The van der Waals surface area contributed by atoms with Gasteiger partial charge in [0.05, 0.1) is 63.2 Å². The van der Waals surface area contributed by atoms with Crippen LogP contribution in [0.3, 0.4) is 0 Å². The number of thioether (sulfide) groups is 2. The summed E-state index contributed by atoms with van der Waals surface area (Å²) in [5, 5.41) is 32.2. The van der Waals surface area contributed by atoms with E-state index in [0.29, 0.717) is 78.1 Å². The van der Waals surface area contributed by atoms with Crippen molar-refractivity contribution in [1.82, 2.24) is 10.6 Å². The number of rotatable bonds is 14. The third-order valence-electron chi connectivity index (χ3n) is 9.00. The molecule has 6 rings (SSSR count). The Kier molecular flexibility index (Phi) is 14.2. The van der Waals surface area contributed by atoms with Crippen LogP contribution in [-0.4, -0.2) is 74.0 Å². The van der Waals surface area contributed by atoms with Gasteiger partial charge in [0.2, 0.25) is 11.8 Å². The number of carbonyl (C=O) groups excluding carboxylic acids is 2. The second kappa shape index (κ2) is 20.0. The Balaban J connectivity index is 1.03. The van der Waals surface area contributed by atoms with E-state index in [0.717, 1.165) is 23.5 Å². The predicted molar refractivity (Wildman–Crippen MR) is 236 cm³/mol. The molecule has 20 heteroatoms. The topological polar surface area (TPSA) is 268 Å². The molecule has 2 atom stereocenters. The Hall–Kier alpha value is -7.42. The zero-order valence-corrected chi connectivity index (χ0v) is 34.9. The van der Waals surface area contributed by atoms with E-state index >= 15 is 0 Å². The number of guanidine groups is 2. The van der Waals surface area contributed by atoms with Crippen LogP contribution in [0.4, 0.5) is 11.4 Å². The van der Waals surface area contributed by atoms with Gasteiger partial charge in [0.25, 0.3) is 0 Å². The van der Waals surface area contributed by atoms with Gasteiger partial charge in [-0.15, -0.1) is 0 Å². The van der Waals surface area contributed by atoms with E-state index in [4.69, 9.17) is 30.4 Å². The summed E-state index contributed by atoms with van der Waals surface area (Å²) in [5.41, 5.74) is 16.2. The van der Waals surface area contributed by atoms with Gasteiger partial charge >= 0.3 is 0 Å². The number of hydrogen-bond acceptors (Lipinski definition) is 18. The Morgan fingerprint density at radius 1 is 0.639 bits per heavy atom. The van der Waals surface area contributed by atoms with E-state index < -0.39 is 12.3 Å². The number of methoxy groups -OCH3 is 4. The molecular formula is C41H40N12O6S2. The summed E-state index contributed by atoms with van der Waals surface area (Å²) >= 11 is 2.27. The van der Waals surface area contributed by atoms with Crippen LogP contribution in [0.1, 0.15) is 45.7 Å². The summed E-state index contributed by atoms with van der Waals surface area (Å²) in [6.45, 7) is 0. The van der Waals surface area contributed by atoms with Crippen molar-refractivity contribution in [3.05, 3.63) is 106 Å². The van der Waals surface area contributed by atoms with Crippen molar-refractivity contribution in [2.45, 2.75) is 18.8 Å². The highest BCUT2D eigenvalue weighted by atomic mass is 32.2. The van der Waals surface area contributed by atoms with Gasteiger partial charge in [-0.2, -0.15) is 10.5 Å². The summed E-state index contributed by atoms with van der Waals surface area (Å²) in [6, 6.07) is 24.9. The minimum absolute atomic E-state index is 0.0158. The fourth-order valence-corrected chi connectivity index (χ4v) is 7.45. The molecule has 312 valence electrons. The first-order valence-corrected chi connectivity index (χ1v) is 20.2. The molecule has 2 aliphatic rings. The summed E-state index contributed by atoms with van der Waals surface area (Å²) in [5.74, 6) is 1.83. The van der Waals surface area contributed by atoms with Crippen LogP contribution in [0.5, 0.6) is 23.0 Å². The first-order valence-electron chi connectivity index (χ1n) is 18.2. The first-order chi connectivity index (χ1) is 29.5. The third kappa shape index (κ3) is 11.0. The number of nitrogens with one attached hydrogen (secondary N) is 4. The van der Waals surface area contributed by atoms with Crippen LogP contribution >= 0.6 is 23.5 Å². The van der Waals surface area contributed by atoms with Gasteiger partial charge in [0, 0.05) is 41.1 Å². The van der Waals surface area contributed by atoms with Crippen molar-refractivity contribution in [2.24, 2.45) is 31.4 Å². The molecule has 61 heavy (non-hydrogen) atoms. The minimum atomic E-state index is -0.692. The lowest BCUT2D eigenvalue weighted by Crippen LogP contribution is -2.39. The fourth-order valence-electron chi connectivity index (χ4n) is 6.07. The molecule has 2 heterocycles. The second-order valence-corrected chi connectivity index (χ2v) is 14.9. The number of carbonyl (C=O) groups is 2. The van der Waals surface area contributed by atoms with E-state index in [9.17, 15) is 20.1 Å². The van der Waals surface area contributed by atoms with Crippen LogP contribution in [0.15, 0.2) is 92.8 Å². The predicted octanol–water partition coefficient (Wildman–Crippen LogP) is 4.34. The number of nitriles is 2. The molecule has 0 saturated carbocycles. The molecule has 0 unspecified atom stereocenters. The Morgan fingerprint density at radius 2 is 1.07 bits per heavy atom. The Bertz CT molecular complexity index is 2380. The lowest BCUT2D eigenvalue weighted by Gasteiger charge is -2.20. The Morgan fingerprint density at radius 3 is 1.44 bits per heavy atom. The average molecular weight is 861 g/mol. The fraction of sp³-hybridized carbons (Fsp3) is 0.220. The maximum absolute atomic E-state index is 13.0. The van der Waals surface area contributed by atoms with E-state index in [2.05, 4.69) is 53.4 Å². The van der Waals surface area contributed by atoms with Crippen LogP contribution in [0, 0.1) is 22.7 Å². The molecule has 0 radical (unpaired) electrons. The molecule has 0 fully saturated rings. The van der Waals surface area contributed by atoms with Gasteiger partial charge in [-0.05, 0) is 59.7 Å². The number of amides is 2. The van der Waals surface area contributed by atoms with Crippen LogP contribution < -0.4 is 51.7 Å². The van der Waals surface area contributed by atoms with Crippen molar-refractivity contribution in [2.75, 3.05) is 50.6 Å². The maximum Gasteiger partial charge on any atom is 0.234 e. The average Bonchev–Trinajstić information content (AvgIpc) is 3.27. The summed E-state index contributed by atoms with van der Waals surface area (Å²) in [7, 11) is 6.18. The number of aliphatic imine (C=N–C) groups is 4. The molecular weight excluding hydrogens is 821 g/mol. The lowest BCUT2D eigenvalue weighted by atomic mass is 9.96. The van der Waals surface area contributed by atoms with Crippen molar-refractivity contribution in [3.63, 3.8) is 0 Å². The summed E-state index contributed by atoms with van der Waals surface area (Å²) < 4.78 is 21.5. The molecule has 0 aromatic heterocycles. The van der Waals surface area contributed by atoms with Crippen molar-refractivity contribution >= 4 is 69.0 Å². The molecule has 0 aliphatic carbocycles. The quantitative estimate of drug-likeness (QED) is 0.103. The van der Waals surface area contributed by atoms with Crippen LogP contribution in [0.25, 0.3) is 0 Å². The van der Waals surface area contributed by atoms with Gasteiger partial charge in [0.1, 0.15) is 23.0 Å². The second-order valence-electron chi connectivity index (χ2n) is 12.9. The maximum atomic E-state index is 13.0. The highest BCUT2D eigenvalue weighted by Crippen LogP contribution is 2.35. The standard InChI is InChI=1S/C41H40N12O6S2/c1-56-28-9-11-30(32(16-28)58-3)36-48-38(44)52-40(50-36)60-20-34(54)46-26-7-5-22(24(14-26)18-42)13-23-6-8-27(15-25(23)19-43)47-35(55)21-61-41-51-37(49-39(45)53-41)31-12-10-29(57-2)17-33(31)59-4/h5-12,14-17,36-37H,13,20-21H2,1-4H3,(H,46,54)(H,47,55)(H3,44,48,50,52)(H3,45,49,51,53)/t36-,37-/m0/s1. The molecule has 8 N–H and O–H groups in total. The minimum Gasteiger partial charge on any atom is -0.497 e. The lowest BCUT2D eigenvalue weighted by molar-refractivity contribution is -0.114. The normalized spacial score (nSPS) is 15.4. The van der Waals surface area contributed by atoms with Crippen molar-refractivity contribution < 1.29 is 28.5 Å². The molecule has 2 aliphatic heterocycles. The highest BCUT2D eigenvalue weighted by molar-refractivity contribution is 8.14. The van der Waals surface area contributed by atoms with Gasteiger partial charge in [0.15, 0.2) is 34.6 Å². The van der Waals surface area contributed by atoms with E-state index in [-0.39, 0.29) is 41.7 Å². The highest BCUT2D eigenvalue weighted by Gasteiger charge is 2.24. The molecule has 18 nitrogen and oxygen atoms in total. The van der Waals surface area contributed by atoms with Crippen LogP contribution in [-0.2, 0) is 16.0 Å². The molecule has 0 spiro atoms. The SMILES string of the molecule is COc1ccc([C@H]2N=C(N)NC(SCC(=O)Nc3ccc(Cc4ccc(NC(=O)CSC5=N[C@@H](c6ccc(OC)cc6OC)N=C(N)N5)cc4C#N)c(C#N)c3)=N2)c(OC)c1. The molecule has 2 amide bonds. The number of benzene rings is 4. The summed E-state index contributed by atoms with van der Waals surface area (Å²) in [4.78, 5) is 43.9. The van der Waals surface area contributed by atoms with E-state index in [1.54, 1.807) is 87.0 Å². The third-order valence-corrected chi connectivity index (χ3v) is 10.8. The van der Waals surface area contributed by atoms with E-state index in [1.165, 1.54) is 14.2 Å². The van der Waals surface area contributed by atoms with Crippen molar-refractivity contribution in [1.29, 1.82) is 10.5 Å². The number of hydrogen-bond donors (Lipinski definition) is 6. The van der Waals surface area contributed by atoms with Gasteiger partial charge in [-0.1, -0.05) is 35.7 Å². The smallest absolute Gasteiger partial charge is 0.234 e. The van der Waals surface area contributed by atoms with Gasteiger partial charge in [-0.3, -0.25) is 9.59 Å². The number of ether oxygens (including phenoxy) is 4. The summed E-state index contributed by atoms with van der Waals surface area (Å²) in [6.07, 6.45) is -1.13. The zero-order valence-electron chi connectivity index (χ0n) is 33.3.